The van der Waals surface area contributed by atoms with Crippen molar-refractivity contribution in [2.24, 2.45) is 0 Å². The molecule has 1 aliphatic heterocycles. The highest BCUT2D eigenvalue weighted by atomic mass is 16.2. The monoisotopic (exact) mass is 325 g/mol. The first-order valence-electron chi connectivity index (χ1n) is 8.33. The van der Waals surface area contributed by atoms with E-state index in [0.29, 0.717) is 24.2 Å². The molecule has 0 spiro atoms. The predicted octanol–water partition coefficient (Wildman–Crippen LogP) is 2.62. The largest absolute Gasteiger partial charge is 0.354 e. The quantitative estimate of drug-likeness (QED) is 0.740. The molecule has 24 heavy (non-hydrogen) atoms. The SMILES string of the molecule is CCc1c(C(=O)NCc2ccc3c(c2)CNC3)[nH]c(C)c1C(C)=O. The minimum atomic E-state index is -0.166. The van der Waals surface area contributed by atoms with Crippen molar-refractivity contribution >= 4 is 11.7 Å². The maximum atomic E-state index is 12.6. The van der Waals surface area contributed by atoms with Crippen LogP contribution < -0.4 is 10.6 Å². The smallest absolute Gasteiger partial charge is 0.268 e. The van der Waals surface area contributed by atoms with Crippen LogP contribution in [-0.4, -0.2) is 16.7 Å². The van der Waals surface area contributed by atoms with Gasteiger partial charge in [0.25, 0.3) is 5.91 Å². The zero-order valence-electron chi connectivity index (χ0n) is 14.4. The Morgan fingerprint density at radius 2 is 1.96 bits per heavy atom. The number of aromatic nitrogens is 1. The van der Waals surface area contributed by atoms with Gasteiger partial charge in [0.05, 0.1) is 0 Å². The van der Waals surface area contributed by atoms with Crippen molar-refractivity contribution in [1.82, 2.24) is 15.6 Å². The first-order chi connectivity index (χ1) is 11.5. The van der Waals surface area contributed by atoms with E-state index in [1.165, 1.54) is 18.1 Å². The summed E-state index contributed by atoms with van der Waals surface area (Å²) < 4.78 is 0. The van der Waals surface area contributed by atoms with Gasteiger partial charge in [-0.1, -0.05) is 25.1 Å². The van der Waals surface area contributed by atoms with Crippen LogP contribution in [0.25, 0.3) is 0 Å². The van der Waals surface area contributed by atoms with Gasteiger partial charge in [-0.2, -0.15) is 0 Å². The van der Waals surface area contributed by atoms with Crippen LogP contribution in [-0.2, 0) is 26.1 Å². The molecule has 0 aliphatic carbocycles. The molecule has 5 heteroatoms. The van der Waals surface area contributed by atoms with Crippen molar-refractivity contribution < 1.29 is 9.59 Å². The van der Waals surface area contributed by atoms with Crippen molar-refractivity contribution in [2.45, 2.75) is 46.8 Å². The highest BCUT2D eigenvalue weighted by Gasteiger charge is 2.21. The minimum absolute atomic E-state index is 0.00854. The summed E-state index contributed by atoms with van der Waals surface area (Å²) in [5.74, 6) is -0.174. The Morgan fingerprint density at radius 3 is 2.67 bits per heavy atom. The number of benzene rings is 1. The molecule has 0 radical (unpaired) electrons. The zero-order valence-corrected chi connectivity index (χ0v) is 14.4. The van der Waals surface area contributed by atoms with Crippen LogP contribution in [0, 0.1) is 6.92 Å². The second kappa shape index (κ2) is 6.61. The average Bonchev–Trinajstić information content (AvgIpc) is 3.15. The van der Waals surface area contributed by atoms with Crippen molar-refractivity contribution in [1.29, 1.82) is 0 Å². The molecule has 0 unspecified atom stereocenters. The lowest BCUT2D eigenvalue weighted by atomic mass is 10.0. The third-order valence-electron chi connectivity index (χ3n) is 4.58. The second-order valence-electron chi connectivity index (χ2n) is 6.28. The number of aryl methyl sites for hydroxylation is 1. The summed E-state index contributed by atoms with van der Waals surface area (Å²) in [6.45, 7) is 7.60. The number of carbonyl (C=O) groups is 2. The second-order valence-corrected chi connectivity index (χ2v) is 6.28. The van der Waals surface area contributed by atoms with Gasteiger partial charge in [0.1, 0.15) is 5.69 Å². The van der Waals surface area contributed by atoms with Crippen LogP contribution in [0.3, 0.4) is 0 Å². The Hall–Kier alpha value is -2.40. The summed E-state index contributed by atoms with van der Waals surface area (Å²) in [6, 6.07) is 6.30. The van der Waals surface area contributed by atoms with Crippen molar-refractivity contribution in [3.63, 3.8) is 0 Å². The number of carbonyl (C=O) groups excluding carboxylic acids is 2. The zero-order chi connectivity index (χ0) is 17.3. The van der Waals surface area contributed by atoms with Gasteiger partial charge in [-0.05, 0) is 42.5 Å². The molecule has 2 aromatic rings. The topological polar surface area (TPSA) is 74.0 Å². The first-order valence-corrected chi connectivity index (χ1v) is 8.33. The third-order valence-corrected chi connectivity index (χ3v) is 4.58. The molecule has 0 bridgehead atoms. The molecule has 3 rings (SSSR count). The Morgan fingerprint density at radius 1 is 1.21 bits per heavy atom. The van der Waals surface area contributed by atoms with Gasteiger partial charge in [0.15, 0.2) is 5.78 Å². The molecule has 0 fully saturated rings. The van der Waals surface area contributed by atoms with E-state index in [0.717, 1.165) is 29.9 Å². The van der Waals surface area contributed by atoms with Crippen molar-refractivity contribution in [2.75, 3.05) is 0 Å². The van der Waals surface area contributed by atoms with Crippen LogP contribution in [0.5, 0.6) is 0 Å². The Kier molecular flexibility index (Phi) is 4.53. The maximum Gasteiger partial charge on any atom is 0.268 e. The van der Waals surface area contributed by atoms with E-state index in [9.17, 15) is 9.59 Å². The fraction of sp³-hybridized carbons (Fsp3) is 0.368. The number of H-pyrrole nitrogens is 1. The number of hydrogen-bond acceptors (Lipinski definition) is 3. The lowest BCUT2D eigenvalue weighted by Crippen LogP contribution is -2.24. The van der Waals surface area contributed by atoms with Gasteiger partial charge in [-0.25, -0.2) is 0 Å². The highest BCUT2D eigenvalue weighted by Crippen LogP contribution is 2.21. The lowest BCUT2D eigenvalue weighted by Gasteiger charge is -2.08. The first kappa shape index (κ1) is 16.5. The van der Waals surface area contributed by atoms with Crippen LogP contribution >= 0.6 is 0 Å². The molecule has 1 aliphatic rings. The minimum Gasteiger partial charge on any atom is -0.354 e. The predicted molar refractivity (Wildman–Crippen MR) is 93.1 cm³/mol. The Balaban J connectivity index is 1.76. The molecule has 2 heterocycles. The molecule has 1 aromatic carbocycles. The van der Waals surface area contributed by atoms with Gasteiger partial charge in [0, 0.05) is 30.9 Å². The standard InChI is InChI=1S/C19H23N3O2/c1-4-16-17(12(3)23)11(2)22-18(16)19(24)21-8-13-5-6-14-9-20-10-15(14)7-13/h5-7,20,22H,4,8-10H2,1-3H3,(H,21,24). The number of fused-ring (bicyclic) bond motifs is 1. The molecule has 0 saturated heterocycles. The number of hydrogen-bond donors (Lipinski definition) is 3. The molecular weight excluding hydrogens is 302 g/mol. The van der Waals surface area contributed by atoms with Crippen molar-refractivity contribution in [3.05, 3.63) is 57.4 Å². The van der Waals surface area contributed by atoms with E-state index >= 15 is 0 Å². The van der Waals surface area contributed by atoms with E-state index in [-0.39, 0.29) is 11.7 Å². The highest BCUT2D eigenvalue weighted by molar-refractivity contribution is 6.02. The van der Waals surface area contributed by atoms with Crippen LogP contribution in [0.15, 0.2) is 18.2 Å². The number of ketones is 1. The Labute approximate surface area is 141 Å². The van der Waals surface area contributed by atoms with E-state index in [4.69, 9.17) is 0 Å². The number of Topliss-reactive ketones (excluding diaryl/α,β-unsaturated/α-hetero) is 1. The van der Waals surface area contributed by atoms with Gasteiger partial charge in [-0.3, -0.25) is 9.59 Å². The summed E-state index contributed by atoms with van der Waals surface area (Å²) in [5.41, 5.74) is 6.41. The number of nitrogens with one attached hydrogen (secondary N) is 3. The summed E-state index contributed by atoms with van der Waals surface area (Å²) in [6.07, 6.45) is 0.645. The summed E-state index contributed by atoms with van der Waals surface area (Å²) >= 11 is 0. The molecule has 3 N–H and O–H groups in total. The molecule has 1 aromatic heterocycles. The molecule has 0 saturated carbocycles. The number of rotatable bonds is 5. The molecular formula is C19H23N3O2. The molecule has 5 nitrogen and oxygen atoms in total. The van der Waals surface area contributed by atoms with E-state index < -0.39 is 0 Å². The van der Waals surface area contributed by atoms with Crippen LogP contribution in [0.2, 0.25) is 0 Å². The van der Waals surface area contributed by atoms with Crippen molar-refractivity contribution in [3.8, 4) is 0 Å². The van der Waals surface area contributed by atoms with Crippen LogP contribution in [0.4, 0.5) is 0 Å². The summed E-state index contributed by atoms with van der Waals surface area (Å²) in [4.78, 5) is 27.4. The van der Waals surface area contributed by atoms with E-state index in [2.05, 4.69) is 27.8 Å². The van der Waals surface area contributed by atoms with Gasteiger partial charge < -0.3 is 15.6 Å². The number of amides is 1. The normalized spacial score (nSPS) is 13.0. The maximum absolute atomic E-state index is 12.6. The van der Waals surface area contributed by atoms with Gasteiger partial charge in [0.2, 0.25) is 0 Å². The lowest BCUT2D eigenvalue weighted by molar-refractivity contribution is 0.0945. The molecule has 1 amide bonds. The third kappa shape index (κ3) is 2.99. The fourth-order valence-electron chi connectivity index (χ4n) is 3.43. The van der Waals surface area contributed by atoms with Gasteiger partial charge >= 0.3 is 0 Å². The summed E-state index contributed by atoms with van der Waals surface area (Å²) in [7, 11) is 0. The average molecular weight is 325 g/mol. The van der Waals surface area contributed by atoms with E-state index in [1.54, 1.807) is 0 Å². The number of aromatic amines is 1. The Bertz CT molecular complexity index is 805. The molecule has 0 atom stereocenters. The van der Waals surface area contributed by atoms with E-state index in [1.807, 2.05) is 19.9 Å². The molecule has 126 valence electrons. The van der Waals surface area contributed by atoms with Gasteiger partial charge in [-0.15, -0.1) is 0 Å². The summed E-state index contributed by atoms with van der Waals surface area (Å²) in [5, 5.41) is 6.27. The fourth-order valence-corrected chi connectivity index (χ4v) is 3.43. The van der Waals surface area contributed by atoms with Crippen LogP contribution in [0.1, 0.15) is 62.6 Å².